The second-order valence-electron chi connectivity index (χ2n) is 9.14. The van der Waals surface area contributed by atoms with Crippen molar-refractivity contribution in [3.8, 4) is 5.75 Å². The van der Waals surface area contributed by atoms with E-state index in [1.54, 1.807) is 18.2 Å². The topological polar surface area (TPSA) is 118 Å². The minimum Gasteiger partial charge on any atom is -0.494 e. The number of halogens is 1. The Morgan fingerprint density at radius 3 is 2.41 bits per heavy atom. The third-order valence-electron chi connectivity index (χ3n) is 6.09. The first-order valence-corrected chi connectivity index (χ1v) is 14.1. The highest BCUT2D eigenvalue weighted by Gasteiger charge is 2.24. The number of carbonyl (C=O) groups is 1. The molecule has 1 fully saturated rings. The zero-order valence-corrected chi connectivity index (χ0v) is 23.1. The molecule has 2 N–H and O–H groups in total. The quantitative estimate of drug-likeness (QED) is 0.341. The van der Waals surface area contributed by atoms with Crippen LogP contribution in [-0.2, 0) is 25.9 Å². The zero-order valence-electron chi connectivity index (χ0n) is 21.5. The lowest BCUT2D eigenvalue weighted by atomic mass is 9.85. The molecule has 11 heteroatoms. The summed E-state index contributed by atoms with van der Waals surface area (Å²) in [6, 6.07) is 9.18. The van der Waals surface area contributed by atoms with Gasteiger partial charge in [-0.1, -0.05) is 19.0 Å². The van der Waals surface area contributed by atoms with E-state index >= 15 is 0 Å². The Hall–Kier alpha value is -2.24. The molecule has 1 aliphatic rings. The number of hydrazine groups is 1. The Balaban J connectivity index is 0.00000481. The number of rotatable bonds is 13. The first-order chi connectivity index (χ1) is 17.3. The smallest absolute Gasteiger partial charge is 0.236 e. The molecule has 1 saturated carbocycles. The largest absolute Gasteiger partial charge is 0.494 e. The van der Waals surface area contributed by atoms with Gasteiger partial charge in [-0.05, 0) is 86.4 Å². The fraction of sp³-hybridized carbons (Fsp3) is 0.538. The molecule has 1 aliphatic carbocycles. The highest BCUT2D eigenvalue weighted by molar-refractivity contribution is 7.91. The van der Waals surface area contributed by atoms with Gasteiger partial charge in [0.25, 0.3) is 0 Å². The van der Waals surface area contributed by atoms with Crippen LogP contribution in [0, 0.1) is 5.92 Å². The SMILES string of the molecule is CCCOc1ccc(S(=O)(=O)c2cc(CN(O)NC(=O)CC3CCC(OCCC)CC3)ccn2)cc1.Cl. The molecule has 1 aromatic heterocycles. The number of sulfone groups is 1. The molecule has 37 heavy (non-hydrogen) atoms. The number of ether oxygens (including phenoxy) is 2. The molecule has 9 nitrogen and oxygen atoms in total. The van der Waals surface area contributed by atoms with Crippen molar-refractivity contribution in [2.24, 2.45) is 5.92 Å². The summed E-state index contributed by atoms with van der Waals surface area (Å²) < 4.78 is 37.3. The van der Waals surface area contributed by atoms with Gasteiger partial charge < -0.3 is 9.47 Å². The first kappa shape index (κ1) is 31.0. The average molecular weight is 556 g/mol. The molecule has 1 heterocycles. The van der Waals surface area contributed by atoms with E-state index in [2.05, 4.69) is 17.3 Å². The summed E-state index contributed by atoms with van der Waals surface area (Å²) in [5.41, 5.74) is 2.96. The zero-order chi connectivity index (χ0) is 26.0. The van der Waals surface area contributed by atoms with E-state index in [0.717, 1.165) is 45.1 Å². The Labute approximate surface area is 225 Å². The van der Waals surface area contributed by atoms with Gasteiger partial charge >= 0.3 is 0 Å². The highest BCUT2D eigenvalue weighted by atomic mass is 35.5. The van der Waals surface area contributed by atoms with Crippen molar-refractivity contribution < 1.29 is 27.9 Å². The van der Waals surface area contributed by atoms with Crippen LogP contribution < -0.4 is 10.2 Å². The monoisotopic (exact) mass is 555 g/mol. The van der Waals surface area contributed by atoms with Gasteiger partial charge in [-0.25, -0.2) is 13.4 Å². The summed E-state index contributed by atoms with van der Waals surface area (Å²) in [7, 11) is -3.85. The maximum Gasteiger partial charge on any atom is 0.236 e. The van der Waals surface area contributed by atoms with Crippen LogP contribution in [0.1, 0.15) is 64.4 Å². The maximum atomic E-state index is 13.0. The molecule has 0 unspecified atom stereocenters. The number of hydroxylamine groups is 1. The number of amides is 1. The minimum atomic E-state index is -3.85. The number of aromatic nitrogens is 1. The lowest BCUT2D eigenvalue weighted by molar-refractivity contribution is -0.166. The van der Waals surface area contributed by atoms with E-state index in [1.807, 2.05) is 6.92 Å². The summed E-state index contributed by atoms with van der Waals surface area (Å²) in [5, 5.41) is 10.8. The predicted octanol–water partition coefficient (Wildman–Crippen LogP) is 4.72. The van der Waals surface area contributed by atoms with E-state index in [9.17, 15) is 18.4 Å². The third-order valence-corrected chi connectivity index (χ3v) is 7.76. The summed E-state index contributed by atoms with van der Waals surface area (Å²) in [5.74, 6) is 0.584. The van der Waals surface area contributed by atoms with Crippen LogP contribution in [0.15, 0.2) is 52.5 Å². The fourth-order valence-electron chi connectivity index (χ4n) is 4.20. The van der Waals surface area contributed by atoms with Gasteiger partial charge in [0.05, 0.1) is 24.2 Å². The lowest BCUT2D eigenvalue weighted by Gasteiger charge is -2.28. The molecule has 0 aliphatic heterocycles. The van der Waals surface area contributed by atoms with Gasteiger partial charge in [0.1, 0.15) is 5.75 Å². The van der Waals surface area contributed by atoms with Crippen molar-refractivity contribution in [1.29, 1.82) is 0 Å². The van der Waals surface area contributed by atoms with Crippen LogP contribution in [0.25, 0.3) is 0 Å². The fourth-order valence-corrected chi connectivity index (χ4v) is 5.44. The van der Waals surface area contributed by atoms with E-state index < -0.39 is 9.84 Å². The summed E-state index contributed by atoms with van der Waals surface area (Å²) >= 11 is 0. The molecule has 1 amide bonds. The van der Waals surface area contributed by atoms with Gasteiger partial charge in [0.2, 0.25) is 15.7 Å². The normalized spacial score (nSPS) is 17.7. The number of nitrogens with zero attached hydrogens (tertiary/aromatic N) is 2. The van der Waals surface area contributed by atoms with Crippen molar-refractivity contribution in [3.05, 3.63) is 48.2 Å². The van der Waals surface area contributed by atoms with Crippen molar-refractivity contribution in [2.75, 3.05) is 13.2 Å². The van der Waals surface area contributed by atoms with Crippen LogP contribution in [0.4, 0.5) is 0 Å². The molecule has 3 rings (SSSR count). The molecule has 206 valence electrons. The molecule has 0 bridgehead atoms. The van der Waals surface area contributed by atoms with Crippen LogP contribution in [0.3, 0.4) is 0 Å². The first-order valence-electron chi connectivity index (χ1n) is 12.6. The van der Waals surface area contributed by atoms with Gasteiger partial charge in [0, 0.05) is 19.2 Å². The highest BCUT2D eigenvalue weighted by Crippen LogP contribution is 2.28. The van der Waals surface area contributed by atoms with Gasteiger partial charge in [0.15, 0.2) is 5.03 Å². The number of hydrogen-bond acceptors (Lipinski definition) is 8. The van der Waals surface area contributed by atoms with Gasteiger partial charge in [-0.3, -0.25) is 15.4 Å². The van der Waals surface area contributed by atoms with Gasteiger partial charge in [-0.2, -0.15) is 0 Å². The molecular formula is C26H38ClN3O6S. The predicted molar refractivity (Wildman–Crippen MR) is 141 cm³/mol. The van der Waals surface area contributed by atoms with Crippen molar-refractivity contribution in [2.45, 2.75) is 81.4 Å². The van der Waals surface area contributed by atoms with Crippen LogP contribution in [-0.4, -0.2) is 49.0 Å². The summed E-state index contributed by atoms with van der Waals surface area (Å²) in [6.07, 6.45) is 7.57. The van der Waals surface area contributed by atoms with E-state index in [1.165, 1.54) is 24.4 Å². The summed E-state index contributed by atoms with van der Waals surface area (Å²) in [6.45, 7) is 5.32. The third kappa shape index (κ3) is 9.54. The molecule has 0 spiro atoms. The van der Waals surface area contributed by atoms with Gasteiger partial charge in [-0.15, -0.1) is 12.4 Å². The second-order valence-corrected chi connectivity index (χ2v) is 11.0. The molecule has 0 atom stereocenters. The van der Waals surface area contributed by atoms with E-state index in [-0.39, 0.29) is 46.8 Å². The molecule has 0 radical (unpaired) electrons. The summed E-state index contributed by atoms with van der Waals surface area (Å²) in [4.78, 5) is 16.5. The molecular weight excluding hydrogens is 518 g/mol. The van der Waals surface area contributed by atoms with Crippen LogP contribution >= 0.6 is 12.4 Å². The standard InChI is InChI=1S/C26H37N3O6S.ClH/c1-3-15-34-22-7-5-20(6-8-22)17-25(30)28-29(31)19-21-13-14-27-26(18-21)36(32,33)24-11-9-23(10-12-24)35-16-4-2;/h9-14,18,20,22,31H,3-8,15-17,19H2,1-2H3,(H,28,30);1H. The number of pyridine rings is 1. The molecule has 1 aromatic carbocycles. The van der Waals surface area contributed by atoms with Crippen molar-refractivity contribution in [1.82, 2.24) is 15.6 Å². The number of benzene rings is 1. The number of nitrogens with one attached hydrogen (secondary N) is 1. The average Bonchev–Trinajstić information content (AvgIpc) is 2.87. The van der Waals surface area contributed by atoms with Crippen molar-refractivity contribution in [3.63, 3.8) is 0 Å². The lowest BCUT2D eigenvalue weighted by Crippen LogP contribution is -2.40. The Morgan fingerprint density at radius 2 is 1.76 bits per heavy atom. The Morgan fingerprint density at radius 1 is 1.08 bits per heavy atom. The van der Waals surface area contributed by atoms with Crippen molar-refractivity contribution >= 4 is 28.2 Å². The maximum absolute atomic E-state index is 13.0. The second kappa shape index (κ2) is 15.2. The molecule has 0 saturated heterocycles. The van der Waals surface area contributed by atoms with Crippen LogP contribution in [0.2, 0.25) is 0 Å². The van der Waals surface area contributed by atoms with E-state index in [4.69, 9.17) is 9.47 Å². The molecule has 2 aromatic rings. The van der Waals surface area contributed by atoms with Crippen LogP contribution in [0.5, 0.6) is 5.75 Å². The Kier molecular flexibility index (Phi) is 12.8. The minimum absolute atomic E-state index is 0. The number of carbonyl (C=O) groups excluding carboxylic acids is 1. The Bertz CT molecular complexity index is 1080. The number of hydrogen-bond donors (Lipinski definition) is 2. The van der Waals surface area contributed by atoms with E-state index in [0.29, 0.717) is 29.5 Å².